The van der Waals surface area contributed by atoms with Crippen molar-refractivity contribution in [3.05, 3.63) is 99.2 Å². The summed E-state index contributed by atoms with van der Waals surface area (Å²) in [4.78, 5) is 26.9. The number of fused-ring (bicyclic) bond motifs is 1. The second-order valence-electron chi connectivity index (χ2n) is 6.46. The van der Waals surface area contributed by atoms with Gasteiger partial charge in [0.2, 0.25) is 5.88 Å². The number of para-hydroxylation sites is 1. The van der Waals surface area contributed by atoms with Crippen molar-refractivity contribution in [1.29, 1.82) is 0 Å². The Morgan fingerprint density at radius 3 is 2.45 bits per heavy atom. The van der Waals surface area contributed by atoms with Gasteiger partial charge in [-0.3, -0.25) is 15.2 Å². The van der Waals surface area contributed by atoms with Crippen LogP contribution in [0.15, 0.2) is 87.5 Å². The van der Waals surface area contributed by atoms with E-state index in [1.165, 1.54) is 0 Å². The van der Waals surface area contributed by atoms with Crippen LogP contribution in [0.2, 0.25) is 0 Å². The van der Waals surface area contributed by atoms with Crippen LogP contribution in [0.3, 0.4) is 0 Å². The van der Waals surface area contributed by atoms with Crippen LogP contribution in [0, 0.1) is 0 Å². The van der Waals surface area contributed by atoms with Crippen LogP contribution in [0.1, 0.15) is 12.5 Å². The fourth-order valence-electron chi connectivity index (χ4n) is 3.19. The molecule has 0 spiro atoms. The van der Waals surface area contributed by atoms with Gasteiger partial charge in [0.25, 0.3) is 5.56 Å². The van der Waals surface area contributed by atoms with Crippen LogP contribution in [-0.2, 0) is 0 Å². The predicted molar refractivity (Wildman–Crippen MR) is 114 cm³/mol. The molecule has 3 aromatic carbocycles. The van der Waals surface area contributed by atoms with E-state index in [1.807, 2.05) is 42.5 Å². The topological polar surface area (TPSA) is 99.5 Å². The van der Waals surface area contributed by atoms with Crippen molar-refractivity contribution in [1.82, 2.24) is 9.55 Å². The molecule has 144 valence electrons. The first-order valence-electron chi connectivity index (χ1n) is 8.98. The summed E-state index contributed by atoms with van der Waals surface area (Å²) in [7, 11) is 0. The quantitative estimate of drug-likeness (QED) is 0.370. The Bertz CT molecular complexity index is 1330. The number of hydrazone groups is 1. The minimum Gasteiger partial charge on any atom is -0.493 e. The van der Waals surface area contributed by atoms with Gasteiger partial charge in [0.15, 0.2) is 0 Å². The molecule has 4 aromatic rings. The molecule has 29 heavy (non-hydrogen) atoms. The third-order valence-electron chi connectivity index (χ3n) is 4.60. The molecule has 1 aromatic heterocycles. The zero-order valence-corrected chi connectivity index (χ0v) is 15.6. The molecule has 0 saturated carbocycles. The molecule has 0 aliphatic rings. The second kappa shape index (κ2) is 7.47. The first-order valence-corrected chi connectivity index (χ1v) is 8.98. The lowest BCUT2D eigenvalue weighted by atomic mass is 10.1. The maximum absolute atomic E-state index is 12.4. The van der Waals surface area contributed by atoms with Crippen LogP contribution in [0.4, 0.5) is 5.69 Å². The highest BCUT2D eigenvalue weighted by atomic mass is 16.3. The second-order valence-corrected chi connectivity index (χ2v) is 6.46. The maximum Gasteiger partial charge on any atom is 0.335 e. The predicted octanol–water partition coefficient (Wildman–Crippen LogP) is 3.22. The van der Waals surface area contributed by atoms with Gasteiger partial charge in [-0.1, -0.05) is 54.6 Å². The van der Waals surface area contributed by atoms with Gasteiger partial charge in [-0.25, -0.2) is 9.36 Å². The van der Waals surface area contributed by atoms with Gasteiger partial charge in [-0.05, 0) is 30.5 Å². The molecule has 0 amide bonds. The van der Waals surface area contributed by atoms with E-state index >= 15 is 0 Å². The molecule has 3 N–H and O–H groups in total. The summed E-state index contributed by atoms with van der Waals surface area (Å²) in [6.07, 6.45) is 0. The summed E-state index contributed by atoms with van der Waals surface area (Å²) >= 11 is 0. The molecule has 7 heteroatoms. The van der Waals surface area contributed by atoms with Crippen molar-refractivity contribution < 1.29 is 5.11 Å². The third-order valence-corrected chi connectivity index (χ3v) is 4.60. The van der Waals surface area contributed by atoms with Crippen molar-refractivity contribution in [2.24, 2.45) is 5.10 Å². The summed E-state index contributed by atoms with van der Waals surface area (Å²) < 4.78 is 1.04. The lowest BCUT2D eigenvalue weighted by Gasteiger charge is -2.12. The molecule has 0 bridgehead atoms. The van der Waals surface area contributed by atoms with Crippen LogP contribution in [-0.4, -0.2) is 20.4 Å². The van der Waals surface area contributed by atoms with Crippen LogP contribution in [0.5, 0.6) is 5.88 Å². The first kappa shape index (κ1) is 18.2. The average molecular weight is 386 g/mol. The van der Waals surface area contributed by atoms with Crippen LogP contribution in [0.25, 0.3) is 16.5 Å². The molecule has 0 saturated heterocycles. The number of nitrogens with one attached hydrogen (secondary N) is 2. The smallest absolute Gasteiger partial charge is 0.335 e. The number of aromatic hydroxyl groups is 1. The molecule has 1 heterocycles. The number of anilines is 1. The molecular weight excluding hydrogens is 368 g/mol. The molecule has 0 radical (unpaired) electrons. The normalized spacial score (nSPS) is 11.6. The molecular formula is C22H18N4O3. The average Bonchev–Trinajstić information content (AvgIpc) is 2.72. The van der Waals surface area contributed by atoms with E-state index in [-0.39, 0.29) is 11.3 Å². The van der Waals surface area contributed by atoms with Gasteiger partial charge in [0, 0.05) is 5.39 Å². The SMILES string of the molecule is C/C(=N/Nc1cccc2ccccc12)c1c(O)n(-c2ccccc2)c(=O)[nH]c1=O. The first-order chi connectivity index (χ1) is 14.1. The molecule has 4 rings (SSSR count). The summed E-state index contributed by atoms with van der Waals surface area (Å²) in [5.74, 6) is -0.467. The summed E-state index contributed by atoms with van der Waals surface area (Å²) in [6.45, 7) is 1.59. The van der Waals surface area contributed by atoms with Crippen LogP contribution < -0.4 is 16.7 Å². The van der Waals surface area contributed by atoms with E-state index in [0.717, 1.165) is 21.0 Å². The van der Waals surface area contributed by atoms with E-state index in [9.17, 15) is 14.7 Å². The fourth-order valence-corrected chi connectivity index (χ4v) is 3.19. The Hall–Kier alpha value is -4.13. The molecule has 0 aliphatic carbocycles. The van der Waals surface area contributed by atoms with Gasteiger partial charge >= 0.3 is 5.69 Å². The van der Waals surface area contributed by atoms with Crippen LogP contribution >= 0.6 is 0 Å². The van der Waals surface area contributed by atoms with Crippen molar-refractivity contribution >= 4 is 22.2 Å². The standard InChI is InChI=1S/C22H18N4O3/c1-14(24-25-18-13-7-9-15-8-5-6-12-17(15)18)19-20(27)23-22(29)26(21(19)28)16-10-3-2-4-11-16/h2-13,25,28H,1H3,(H,23,27,29)/b24-14-. The summed E-state index contributed by atoms with van der Waals surface area (Å²) in [5, 5.41) is 17.0. The minimum atomic E-state index is -0.725. The van der Waals surface area contributed by atoms with E-state index in [1.54, 1.807) is 37.3 Å². The van der Waals surface area contributed by atoms with Gasteiger partial charge in [0.1, 0.15) is 5.56 Å². The number of aromatic amines is 1. The minimum absolute atomic E-state index is 0.0822. The number of nitrogens with zero attached hydrogens (tertiary/aromatic N) is 2. The number of rotatable bonds is 4. The van der Waals surface area contributed by atoms with Crippen molar-refractivity contribution in [2.75, 3.05) is 5.43 Å². The number of hydrogen-bond acceptors (Lipinski definition) is 5. The van der Waals surface area contributed by atoms with Gasteiger partial charge < -0.3 is 5.11 Å². The lowest BCUT2D eigenvalue weighted by molar-refractivity contribution is 0.429. The van der Waals surface area contributed by atoms with E-state index in [0.29, 0.717) is 5.69 Å². The number of aromatic nitrogens is 2. The molecule has 0 fully saturated rings. The lowest BCUT2D eigenvalue weighted by Crippen LogP contribution is -2.32. The zero-order chi connectivity index (χ0) is 20.4. The van der Waals surface area contributed by atoms with Gasteiger partial charge in [0.05, 0.1) is 17.1 Å². The zero-order valence-electron chi connectivity index (χ0n) is 15.6. The Labute approximate surface area is 165 Å². The number of benzene rings is 3. The third kappa shape index (κ3) is 3.41. The van der Waals surface area contributed by atoms with E-state index in [4.69, 9.17) is 0 Å². The maximum atomic E-state index is 12.4. The molecule has 0 atom stereocenters. The fraction of sp³-hybridized carbons (Fsp3) is 0.0455. The van der Waals surface area contributed by atoms with Crippen molar-refractivity contribution in [3.8, 4) is 11.6 Å². The molecule has 0 unspecified atom stereocenters. The summed E-state index contributed by atoms with van der Waals surface area (Å²) in [6, 6.07) is 22.1. The Morgan fingerprint density at radius 2 is 1.66 bits per heavy atom. The van der Waals surface area contributed by atoms with Gasteiger partial charge in [-0.2, -0.15) is 5.10 Å². The van der Waals surface area contributed by atoms with Gasteiger partial charge in [-0.15, -0.1) is 0 Å². The molecule has 7 nitrogen and oxygen atoms in total. The van der Waals surface area contributed by atoms with Crippen molar-refractivity contribution in [2.45, 2.75) is 6.92 Å². The largest absolute Gasteiger partial charge is 0.493 e. The Morgan fingerprint density at radius 1 is 0.966 bits per heavy atom. The van der Waals surface area contributed by atoms with Crippen molar-refractivity contribution in [3.63, 3.8) is 0 Å². The molecule has 0 aliphatic heterocycles. The number of H-pyrrole nitrogens is 1. The Balaban J connectivity index is 1.78. The highest BCUT2D eigenvalue weighted by molar-refractivity contribution is 6.01. The van der Waals surface area contributed by atoms with E-state index in [2.05, 4.69) is 15.5 Å². The number of hydrogen-bond donors (Lipinski definition) is 3. The monoisotopic (exact) mass is 386 g/mol. The summed E-state index contributed by atoms with van der Waals surface area (Å²) in [5.41, 5.74) is 2.87. The highest BCUT2D eigenvalue weighted by Crippen LogP contribution is 2.23. The van der Waals surface area contributed by atoms with E-state index < -0.39 is 17.1 Å². The Kier molecular flexibility index (Phi) is 4.70. The highest BCUT2D eigenvalue weighted by Gasteiger charge is 2.18.